The lowest BCUT2D eigenvalue weighted by Gasteiger charge is -2.20. The number of hydrogen-bond acceptors (Lipinski definition) is 2. The number of hydrogen-bond donors (Lipinski definition) is 0. The molecule has 0 bridgehead atoms. The van der Waals surface area contributed by atoms with Gasteiger partial charge in [0.25, 0.3) is 0 Å². The maximum absolute atomic E-state index is 5.30. The summed E-state index contributed by atoms with van der Waals surface area (Å²) in [5.41, 5.74) is 0. The molecule has 1 aromatic rings. The molecular formula is C11H16OS. The maximum atomic E-state index is 5.30. The van der Waals surface area contributed by atoms with E-state index in [9.17, 15) is 0 Å². The molecule has 1 saturated carbocycles. The van der Waals surface area contributed by atoms with Gasteiger partial charge in [0.1, 0.15) is 5.76 Å². The van der Waals surface area contributed by atoms with Crippen LogP contribution in [0.15, 0.2) is 22.8 Å². The van der Waals surface area contributed by atoms with Gasteiger partial charge in [-0.15, -0.1) is 0 Å². The Bertz CT molecular complexity index is 224. The molecule has 0 atom stereocenters. The molecule has 2 heteroatoms. The van der Waals surface area contributed by atoms with Gasteiger partial charge in [0.2, 0.25) is 0 Å². The summed E-state index contributed by atoms with van der Waals surface area (Å²) in [5, 5.41) is 0.888. The Labute approximate surface area is 83.9 Å². The first-order valence-corrected chi connectivity index (χ1v) is 6.14. The molecule has 1 aromatic heterocycles. The second-order valence-electron chi connectivity index (χ2n) is 3.65. The smallest absolute Gasteiger partial charge is 0.113 e. The molecule has 0 saturated heterocycles. The van der Waals surface area contributed by atoms with Gasteiger partial charge >= 0.3 is 0 Å². The first-order valence-electron chi connectivity index (χ1n) is 5.09. The van der Waals surface area contributed by atoms with Crippen molar-refractivity contribution in [2.75, 3.05) is 0 Å². The van der Waals surface area contributed by atoms with Gasteiger partial charge in [-0.2, -0.15) is 11.8 Å². The van der Waals surface area contributed by atoms with E-state index >= 15 is 0 Å². The van der Waals surface area contributed by atoms with Gasteiger partial charge in [-0.25, -0.2) is 0 Å². The van der Waals surface area contributed by atoms with Crippen LogP contribution < -0.4 is 0 Å². The largest absolute Gasteiger partial charge is 0.468 e. The predicted molar refractivity (Wildman–Crippen MR) is 56.9 cm³/mol. The van der Waals surface area contributed by atoms with Gasteiger partial charge in [0.05, 0.1) is 12.0 Å². The highest BCUT2D eigenvalue weighted by Crippen LogP contribution is 2.30. The molecule has 2 rings (SSSR count). The third kappa shape index (κ3) is 2.80. The van der Waals surface area contributed by atoms with Gasteiger partial charge in [-0.1, -0.05) is 19.3 Å². The highest BCUT2D eigenvalue weighted by atomic mass is 32.2. The van der Waals surface area contributed by atoms with Crippen molar-refractivity contribution in [2.45, 2.75) is 43.1 Å². The summed E-state index contributed by atoms with van der Waals surface area (Å²) < 4.78 is 5.30. The van der Waals surface area contributed by atoms with Crippen LogP contribution in [0.2, 0.25) is 0 Å². The van der Waals surface area contributed by atoms with Gasteiger partial charge in [0.15, 0.2) is 0 Å². The molecule has 0 aromatic carbocycles. The minimum atomic E-state index is 0.888. The molecule has 1 fully saturated rings. The third-order valence-corrected chi connectivity index (χ3v) is 3.99. The molecule has 13 heavy (non-hydrogen) atoms. The van der Waals surface area contributed by atoms with Crippen LogP contribution in [0.4, 0.5) is 0 Å². The summed E-state index contributed by atoms with van der Waals surface area (Å²) >= 11 is 2.06. The van der Waals surface area contributed by atoms with Gasteiger partial charge < -0.3 is 4.42 Å². The van der Waals surface area contributed by atoms with Crippen molar-refractivity contribution in [2.24, 2.45) is 0 Å². The van der Waals surface area contributed by atoms with Gasteiger partial charge in [0, 0.05) is 5.25 Å². The Morgan fingerprint density at radius 1 is 1.31 bits per heavy atom. The van der Waals surface area contributed by atoms with E-state index in [0.717, 1.165) is 16.8 Å². The van der Waals surface area contributed by atoms with Crippen molar-refractivity contribution < 1.29 is 4.42 Å². The Hall–Kier alpha value is -0.370. The van der Waals surface area contributed by atoms with Crippen LogP contribution in [0, 0.1) is 0 Å². The van der Waals surface area contributed by atoms with Crippen LogP contribution in [0.5, 0.6) is 0 Å². The lowest BCUT2D eigenvalue weighted by Crippen LogP contribution is -2.07. The average Bonchev–Trinajstić information content (AvgIpc) is 2.69. The fourth-order valence-electron chi connectivity index (χ4n) is 1.83. The SMILES string of the molecule is c1coc(CSC2CCCCC2)c1. The van der Waals surface area contributed by atoms with Crippen molar-refractivity contribution in [3.05, 3.63) is 24.2 Å². The maximum Gasteiger partial charge on any atom is 0.113 e. The normalized spacial score (nSPS) is 19.1. The van der Waals surface area contributed by atoms with Crippen LogP contribution in [-0.2, 0) is 5.75 Å². The zero-order valence-corrected chi connectivity index (χ0v) is 8.69. The van der Waals surface area contributed by atoms with Gasteiger partial charge in [-0.3, -0.25) is 0 Å². The summed E-state index contributed by atoms with van der Waals surface area (Å²) in [5.74, 6) is 2.17. The fraction of sp³-hybridized carbons (Fsp3) is 0.636. The van der Waals surface area contributed by atoms with Crippen molar-refractivity contribution in [3.63, 3.8) is 0 Å². The Morgan fingerprint density at radius 2 is 2.15 bits per heavy atom. The van der Waals surface area contributed by atoms with E-state index in [4.69, 9.17) is 4.42 Å². The van der Waals surface area contributed by atoms with Crippen molar-refractivity contribution in [1.82, 2.24) is 0 Å². The van der Waals surface area contributed by atoms with Crippen LogP contribution >= 0.6 is 11.8 Å². The van der Waals surface area contributed by atoms with E-state index in [2.05, 4.69) is 17.8 Å². The van der Waals surface area contributed by atoms with E-state index in [0.29, 0.717) is 0 Å². The average molecular weight is 196 g/mol. The lowest BCUT2D eigenvalue weighted by molar-refractivity contribution is 0.511. The molecule has 1 heterocycles. The minimum Gasteiger partial charge on any atom is -0.468 e. The lowest BCUT2D eigenvalue weighted by atomic mass is 10.0. The molecule has 0 spiro atoms. The molecule has 0 unspecified atom stereocenters. The number of rotatable bonds is 3. The zero-order chi connectivity index (χ0) is 8.93. The molecular weight excluding hydrogens is 180 g/mol. The Kier molecular flexibility index (Phi) is 3.36. The molecule has 0 radical (unpaired) electrons. The summed E-state index contributed by atoms with van der Waals surface area (Å²) in [6.45, 7) is 0. The second-order valence-corrected chi connectivity index (χ2v) is 4.94. The summed E-state index contributed by atoms with van der Waals surface area (Å²) in [4.78, 5) is 0. The van der Waals surface area contributed by atoms with Gasteiger partial charge in [-0.05, 0) is 25.0 Å². The van der Waals surface area contributed by atoms with Crippen molar-refractivity contribution >= 4 is 11.8 Å². The minimum absolute atomic E-state index is 0.888. The van der Waals surface area contributed by atoms with Crippen molar-refractivity contribution in [1.29, 1.82) is 0 Å². The van der Waals surface area contributed by atoms with E-state index in [-0.39, 0.29) is 0 Å². The Morgan fingerprint density at radius 3 is 2.85 bits per heavy atom. The number of furan rings is 1. The van der Waals surface area contributed by atoms with Crippen LogP contribution in [0.25, 0.3) is 0 Å². The van der Waals surface area contributed by atoms with E-state index in [1.807, 2.05) is 6.07 Å². The fourth-order valence-corrected chi connectivity index (χ4v) is 3.06. The molecule has 1 aliphatic carbocycles. The second kappa shape index (κ2) is 4.75. The highest BCUT2D eigenvalue weighted by Gasteiger charge is 2.13. The predicted octanol–water partition coefficient (Wildman–Crippen LogP) is 3.85. The monoisotopic (exact) mass is 196 g/mol. The van der Waals surface area contributed by atoms with Crippen LogP contribution in [-0.4, -0.2) is 5.25 Å². The highest BCUT2D eigenvalue weighted by molar-refractivity contribution is 7.99. The molecule has 1 aliphatic rings. The summed E-state index contributed by atoms with van der Waals surface area (Å²) in [6.07, 6.45) is 8.87. The summed E-state index contributed by atoms with van der Waals surface area (Å²) in [7, 11) is 0. The van der Waals surface area contributed by atoms with E-state index < -0.39 is 0 Å². The zero-order valence-electron chi connectivity index (χ0n) is 7.87. The quantitative estimate of drug-likeness (QED) is 0.728. The molecule has 0 amide bonds. The molecule has 0 N–H and O–H groups in total. The number of thioether (sulfide) groups is 1. The van der Waals surface area contributed by atoms with Crippen molar-refractivity contribution in [3.8, 4) is 0 Å². The Balaban J connectivity index is 1.72. The van der Waals surface area contributed by atoms with E-state index in [1.165, 1.54) is 32.1 Å². The first kappa shape index (κ1) is 9.20. The molecule has 72 valence electrons. The molecule has 1 nitrogen and oxygen atoms in total. The third-order valence-electron chi connectivity index (χ3n) is 2.59. The van der Waals surface area contributed by atoms with Crippen LogP contribution in [0.3, 0.4) is 0 Å². The van der Waals surface area contributed by atoms with E-state index in [1.54, 1.807) is 6.26 Å². The molecule has 0 aliphatic heterocycles. The first-order chi connectivity index (χ1) is 6.45. The van der Waals surface area contributed by atoms with Crippen LogP contribution in [0.1, 0.15) is 37.9 Å². The standard InChI is InChI=1S/C11H16OS/c1-2-6-11(7-3-1)13-9-10-5-4-8-12-10/h4-5,8,11H,1-3,6-7,9H2. The topological polar surface area (TPSA) is 13.1 Å². The summed E-state index contributed by atoms with van der Waals surface area (Å²) in [6, 6.07) is 4.03.